The third-order valence-corrected chi connectivity index (χ3v) is 6.31. The molecular formula is C25H24ClN3O3. The summed E-state index contributed by atoms with van der Waals surface area (Å²) in [6, 6.07) is 17.9. The van der Waals surface area contributed by atoms with Gasteiger partial charge in [0.05, 0.1) is 6.54 Å². The summed E-state index contributed by atoms with van der Waals surface area (Å²) < 4.78 is 2.06. The van der Waals surface area contributed by atoms with E-state index in [2.05, 4.69) is 9.88 Å². The largest absolute Gasteiger partial charge is 0.344 e. The van der Waals surface area contributed by atoms with E-state index in [-0.39, 0.29) is 12.3 Å². The van der Waals surface area contributed by atoms with Crippen LogP contribution in [-0.2, 0) is 16.9 Å². The van der Waals surface area contributed by atoms with Gasteiger partial charge in [-0.15, -0.1) is 0 Å². The number of nitrogens with zero attached hydrogens (tertiary/aromatic N) is 2. The molecule has 32 heavy (non-hydrogen) atoms. The maximum atomic E-state index is 13.1. The quantitative estimate of drug-likeness (QED) is 0.446. The Morgan fingerprint density at radius 3 is 2.34 bits per heavy atom. The monoisotopic (exact) mass is 449 g/mol. The zero-order chi connectivity index (χ0) is 23.0. The molecule has 1 aromatic heterocycles. The zero-order valence-corrected chi connectivity index (χ0v) is 18.9. The minimum absolute atomic E-state index is 0.277. The highest BCUT2D eigenvalue weighted by atomic mass is 35.5. The summed E-state index contributed by atoms with van der Waals surface area (Å²) >= 11 is 5.95. The molecule has 1 unspecified atom stereocenters. The van der Waals surface area contributed by atoms with Crippen molar-refractivity contribution in [1.29, 1.82) is 0 Å². The number of nitrogens with one attached hydrogen (secondary N) is 1. The SMILES string of the molecule is Cc1cc(C(=O)CN2C(=O)NC(C)(c3ccc(Cl)cc3)C2=O)c(C)n1Cc1ccccc1. The van der Waals surface area contributed by atoms with E-state index in [0.717, 1.165) is 21.9 Å². The fourth-order valence-electron chi connectivity index (χ4n) is 4.14. The zero-order valence-electron chi connectivity index (χ0n) is 18.2. The minimum Gasteiger partial charge on any atom is -0.344 e. The van der Waals surface area contributed by atoms with Gasteiger partial charge in [0, 0.05) is 28.5 Å². The molecule has 4 rings (SSSR count). The first-order valence-electron chi connectivity index (χ1n) is 10.3. The Morgan fingerprint density at radius 1 is 1.03 bits per heavy atom. The van der Waals surface area contributed by atoms with Crippen LogP contribution in [0.25, 0.3) is 0 Å². The Morgan fingerprint density at radius 2 is 1.69 bits per heavy atom. The van der Waals surface area contributed by atoms with Crippen molar-refractivity contribution in [3.63, 3.8) is 0 Å². The summed E-state index contributed by atoms with van der Waals surface area (Å²) in [6.07, 6.45) is 0. The van der Waals surface area contributed by atoms with Gasteiger partial charge >= 0.3 is 6.03 Å². The predicted octanol–water partition coefficient (Wildman–Crippen LogP) is 4.46. The number of carbonyl (C=O) groups excluding carboxylic acids is 3. The Hall–Kier alpha value is -3.38. The van der Waals surface area contributed by atoms with Crippen molar-refractivity contribution < 1.29 is 14.4 Å². The molecule has 1 atom stereocenters. The number of carbonyl (C=O) groups is 3. The van der Waals surface area contributed by atoms with Crippen molar-refractivity contribution in [1.82, 2.24) is 14.8 Å². The van der Waals surface area contributed by atoms with Gasteiger partial charge in [0.15, 0.2) is 5.78 Å². The number of rotatable bonds is 6. The lowest BCUT2D eigenvalue weighted by molar-refractivity contribution is -0.130. The van der Waals surface area contributed by atoms with Gasteiger partial charge in [0.25, 0.3) is 5.91 Å². The summed E-state index contributed by atoms with van der Waals surface area (Å²) in [6.45, 7) is 5.78. The number of aryl methyl sites for hydroxylation is 1. The topological polar surface area (TPSA) is 71.4 Å². The van der Waals surface area contributed by atoms with Gasteiger partial charge in [-0.2, -0.15) is 0 Å². The molecule has 2 aromatic carbocycles. The first kappa shape index (κ1) is 21.8. The van der Waals surface area contributed by atoms with Gasteiger partial charge in [-0.25, -0.2) is 4.79 Å². The lowest BCUT2D eigenvalue weighted by Crippen LogP contribution is -2.41. The van der Waals surface area contributed by atoms with E-state index in [9.17, 15) is 14.4 Å². The van der Waals surface area contributed by atoms with E-state index in [1.165, 1.54) is 0 Å². The van der Waals surface area contributed by atoms with Gasteiger partial charge in [-0.3, -0.25) is 14.5 Å². The molecule has 1 aliphatic rings. The van der Waals surface area contributed by atoms with Crippen molar-refractivity contribution in [2.24, 2.45) is 0 Å². The number of ketones is 1. The molecule has 0 bridgehead atoms. The molecule has 0 aliphatic carbocycles. The minimum atomic E-state index is -1.24. The standard InChI is InChI=1S/C25H24ClN3O3/c1-16-13-21(17(2)28(16)14-18-7-5-4-6-8-18)22(30)15-29-23(31)25(3,27-24(29)32)19-9-11-20(26)12-10-19/h4-13H,14-15H2,1-3H3,(H,27,32). The van der Waals surface area contributed by atoms with Crippen LogP contribution in [0.2, 0.25) is 5.02 Å². The maximum Gasteiger partial charge on any atom is 0.325 e. The summed E-state index contributed by atoms with van der Waals surface area (Å²) in [4.78, 5) is 39.9. The highest BCUT2D eigenvalue weighted by molar-refractivity contribution is 6.30. The smallest absolute Gasteiger partial charge is 0.325 e. The fraction of sp³-hybridized carbons (Fsp3) is 0.240. The van der Waals surface area contributed by atoms with Crippen LogP contribution in [0.5, 0.6) is 0 Å². The number of imide groups is 1. The molecular weight excluding hydrogens is 426 g/mol. The number of benzene rings is 2. The summed E-state index contributed by atoms with van der Waals surface area (Å²) in [7, 11) is 0. The average molecular weight is 450 g/mol. The first-order chi connectivity index (χ1) is 15.2. The highest BCUT2D eigenvalue weighted by Crippen LogP contribution is 2.30. The molecule has 6 nitrogen and oxygen atoms in total. The van der Waals surface area contributed by atoms with Crippen LogP contribution in [0.4, 0.5) is 4.79 Å². The van der Waals surface area contributed by atoms with Crippen LogP contribution in [0, 0.1) is 13.8 Å². The van der Waals surface area contributed by atoms with Crippen LogP contribution < -0.4 is 5.32 Å². The van der Waals surface area contributed by atoms with Crippen LogP contribution in [0.1, 0.15) is 39.8 Å². The predicted molar refractivity (Wildman–Crippen MR) is 123 cm³/mol. The third-order valence-electron chi connectivity index (χ3n) is 6.06. The lowest BCUT2D eigenvalue weighted by atomic mass is 9.92. The molecule has 1 fully saturated rings. The molecule has 3 amide bonds. The number of urea groups is 1. The van der Waals surface area contributed by atoms with E-state index < -0.39 is 17.5 Å². The number of Topliss-reactive ketones (excluding diaryl/α,β-unsaturated/α-hetero) is 1. The summed E-state index contributed by atoms with van der Waals surface area (Å²) in [5.41, 5.74) is 2.75. The van der Waals surface area contributed by atoms with Crippen LogP contribution in [0.15, 0.2) is 60.7 Å². The molecule has 1 aliphatic heterocycles. The van der Waals surface area contributed by atoms with Gasteiger partial charge in [0.1, 0.15) is 5.54 Å². The van der Waals surface area contributed by atoms with E-state index in [0.29, 0.717) is 22.7 Å². The van der Waals surface area contributed by atoms with E-state index >= 15 is 0 Å². The molecule has 164 valence electrons. The van der Waals surface area contributed by atoms with Gasteiger partial charge in [0.2, 0.25) is 0 Å². The van der Waals surface area contributed by atoms with Crippen LogP contribution in [-0.4, -0.2) is 33.7 Å². The molecule has 7 heteroatoms. The van der Waals surface area contributed by atoms with Crippen molar-refractivity contribution in [2.45, 2.75) is 32.9 Å². The Kier molecular flexibility index (Phi) is 5.65. The number of amides is 3. The third kappa shape index (κ3) is 3.82. The molecule has 2 heterocycles. The normalized spacial score (nSPS) is 18.2. The van der Waals surface area contributed by atoms with Crippen molar-refractivity contribution >= 4 is 29.3 Å². The highest BCUT2D eigenvalue weighted by Gasteiger charge is 2.49. The molecule has 1 N–H and O–H groups in total. The van der Waals surface area contributed by atoms with Gasteiger partial charge < -0.3 is 9.88 Å². The number of aromatic nitrogens is 1. The van der Waals surface area contributed by atoms with E-state index in [1.807, 2.05) is 50.2 Å². The Balaban J connectivity index is 1.55. The molecule has 0 saturated carbocycles. The lowest BCUT2D eigenvalue weighted by Gasteiger charge is -2.22. The fourth-order valence-corrected chi connectivity index (χ4v) is 4.27. The molecule has 1 saturated heterocycles. The van der Waals surface area contributed by atoms with Crippen molar-refractivity contribution in [3.05, 3.63) is 93.8 Å². The Bertz CT molecular complexity index is 1200. The van der Waals surface area contributed by atoms with Gasteiger partial charge in [-0.1, -0.05) is 54.1 Å². The molecule has 0 spiro atoms. The van der Waals surface area contributed by atoms with E-state index in [1.54, 1.807) is 31.2 Å². The second kappa shape index (κ2) is 8.28. The Labute approximate surface area is 191 Å². The van der Waals surface area contributed by atoms with E-state index in [4.69, 9.17) is 11.6 Å². The van der Waals surface area contributed by atoms with Gasteiger partial charge in [-0.05, 0) is 50.1 Å². The second-order valence-corrected chi connectivity index (χ2v) is 8.67. The summed E-state index contributed by atoms with van der Waals surface area (Å²) in [5, 5.41) is 3.26. The second-order valence-electron chi connectivity index (χ2n) is 8.23. The average Bonchev–Trinajstić information content (AvgIpc) is 3.17. The van der Waals surface area contributed by atoms with Crippen molar-refractivity contribution in [2.75, 3.05) is 6.54 Å². The first-order valence-corrected chi connectivity index (χ1v) is 10.7. The van der Waals surface area contributed by atoms with Crippen LogP contribution in [0.3, 0.4) is 0 Å². The number of hydrogen-bond donors (Lipinski definition) is 1. The summed E-state index contributed by atoms with van der Waals surface area (Å²) in [5.74, 6) is -0.738. The number of halogens is 1. The van der Waals surface area contributed by atoms with Crippen molar-refractivity contribution in [3.8, 4) is 0 Å². The number of hydrogen-bond acceptors (Lipinski definition) is 3. The molecule has 3 aromatic rings. The molecule has 0 radical (unpaired) electrons. The van der Waals surface area contributed by atoms with Crippen LogP contribution >= 0.6 is 11.6 Å². The maximum absolute atomic E-state index is 13.1.